The molecule has 194 valence electrons. The summed E-state index contributed by atoms with van der Waals surface area (Å²) in [5, 5.41) is 15.3. The number of nitrogens with one attached hydrogen (secondary N) is 1. The first-order valence-corrected chi connectivity index (χ1v) is 11.5. The molecule has 0 saturated carbocycles. The average molecular weight is 542 g/mol. The van der Waals surface area contributed by atoms with Crippen molar-refractivity contribution in [2.45, 2.75) is 12.7 Å². The Bertz CT molecular complexity index is 1640. The Morgan fingerprint density at radius 3 is 2.63 bits per heavy atom. The number of rotatable bonds is 6. The van der Waals surface area contributed by atoms with E-state index in [1.165, 1.54) is 29.3 Å². The quantitative estimate of drug-likeness (QED) is 0.340. The molecule has 1 aromatic carbocycles. The first-order valence-electron chi connectivity index (χ1n) is 11.1. The minimum absolute atomic E-state index is 0.0830. The normalized spacial score (nSPS) is 11.9. The van der Waals surface area contributed by atoms with Crippen molar-refractivity contribution in [3.63, 3.8) is 0 Å². The standard InChI is InChI=1S/C24H19ClF3N9O/c1-35(2)13-15-11-32-37(34-15)22-18(25)9-14(10-30-22)33-23(38)17-12-31-36(21(17)24(26,27)28)20-7-3-6-19-16(20)5-4-8-29-19/h3-12H,13H2,1-2H3,(H,33,38). The molecule has 5 rings (SSSR count). The topological polar surface area (TPSA) is 107 Å². The molecule has 38 heavy (non-hydrogen) atoms. The minimum atomic E-state index is -4.89. The molecule has 4 heterocycles. The van der Waals surface area contributed by atoms with E-state index in [1.807, 2.05) is 19.0 Å². The lowest BCUT2D eigenvalue weighted by molar-refractivity contribution is -0.143. The van der Waals surface area contributed by atoms with Gasteiger partial charge in [0.15, 0.2) is 11.5 Å². The molecule has 0 unspecified atom stereocenters. The largest absolute Gasteiger partial charge is 0.434 e. The number of pyridine rings is 2. The van der Waals surface area contributed by atoms with E-state index in [1.54, 1.807) is 30.5 Å². The van der Waals surface area contributed by atoms with Crippen LogP contribution in [0, 0.1) is 0 Å². The summed E-state index contributed by atoms with van der Waals surface area (Å²) in [6.45, 7) is 0.552. The number of hydrogen-bond acceptors (Lipinski definition) is 7. The number of nitrogens with zero attached hydrogens (tertiary/aromatic N) is 8. The number of alkyl halides is 3. The van der Waals surface area contributed by atoms with Gasteiger partial charge in [-0.15, -0.1) is 4.80 Å². The zero-order valence-electron chi connectivity index (χ0n) is 20.0. The smallest absolute Gasteiger partial charge is 0.320 e. The van der Waals surface area contributed by atoms with Crippen molar-refractivity contribution in [3.8, 4) is 11.5 Å². The summed E-state index contributed by atoms with van der Waals surface area (Å²) in [5.41, 5.74) is -0.502. The van der Waals surface area contributed by atoms with Crippen LogP contribution in [0.4, 0.5) is 18.9 Å². The molecule has 0 fully saturated rings. The number of anilines is 1. The van der Waals surface area contributed by atoms with Crippen molar-refractivity contribution in [1.82, 2.24) is 39.6 Å². The molecule has 0 saturated heterocycles. The van der Waals surface area contributed by atoms with Crippen LogP contribution in [-0.4, -0.2) is 59.6 Å². The molecule has 0 atom stereocenters. The Labute approximate surface area is 218 Å². The van der Waals surface area contributed by atoms with Crippen molar-refractivity contribution in [3.05, 3.63) is 83.2 Å². The van der Waals surface area contributed by atoms with Gasteiger partial charge in [0.1, 0.15) is 0 Å². The van der Waals surface area contributed by atoms with Crippen molar-refractivity contribution in [2.75, 3.05) is 19.4 Å². The minimum Gasteiger partial charge on any atom is -0.320 e. The molecule has 1 amide bonds. The van der Waals surface area contributed by atoms with Crippen LogP contribution >= 0.6 is 11.6 Å². The van der Waals surface area contributed by atoms with Crippen LogP contribution in [0.1, 0.15) is 21.7 Å². The molecule has 14 heteroatoms. The summed E-state index contributed by atoms with van der Waals surface area (Å²) in [6.07, 6.45) is 0.340. The number of amides is 1. The molecule has 1 N–H and O–H groups in total. The van der Waals surface area contributed by atoms with Crippen molar-refractivity contribution in [1.29, 1.82) is 0 Å². The van der Waals surface area contributed by atoms with E-state index in [0.29, 0.717) is 27.8 Å². The monoisotopic (exact) mass is 541 g/mol. The summed E-state index contributed by atoms with van der Waals surface area (Å²) in [7, 11) is 3.77. The van der Waals surface area contributed by atoms with Gasteiger partial charge >= 0.3 is 6.18 Å². The lowest BCUT2D eigenvalue weighted by Crippen LogP contribution is -2.21. The molecule has 4 aromatic heterocycles. The van der Waals surface area contributed by atoms with E-state index < -0.39 is 23.3 Å². The maximum atomic E-state index is 14.2. The van der Waals surface area contributed by atoms with Gasteiger partial charge in [0.05, 0.1) is 51.8 Å². The Morgan fingerprint density at radius 2 is 1.89 bits per heavy atom. The third-order valence-electron chi connectivity index (χ3n) is 5.42. The van der Waals surface area contributed by atoms with Crippen LogP contribution in [0.5, 0.6) is 0 Å². The van der Waals surface area contributed by atoms with Gasteiger partial charge in [-0.25, -0.2) is 9.67 Å². The summed E-state index contributed by atoms with van der Waals surface area (Å²) in [5.74, 6) is -0.832. The van der Waals surface area contributed by atoms with E-state index >= 15 is 0 Å². The van der Waals surface area contributed by atoms with Crippen LogP contribution in [0.2, 0.25) is 5.02 Å². The van der Waals surface area contributed by atoms with E-state index in [9.17, 15) is 18.0 Å². The lowest BCUT2D eigenvalue weighted by Gasteiger charge is -2.14. The Kier molecular flexibility index (Phi) is 6.55. The second-order valence-corrected chi connectivity index (χ2v) is 8.92. The van der Waals surface area contributed by atoms with Gasteiger partial charge in [-0.2, -0.15) is 28.5 Å². The molecule has 0 aliphatic rings. The molecule has 5 aromatic rings. The van der Waals surface area contributed by atoms with Crippen molar-refractivity contribution >= 4 is 34.1 Å². The lowest BCUT2D eigenvalue weighted by atomic mass is 10.1. The molecule has 0 spiro atoms. The second kappa shape index (κ2) is 9.84. The fourth-order valence-electron chi connectivity index (χ4n) is 3.88. The summed E-state index contributed by atoms with van der Waals surface area (Å²) < 4.78 is 43.3. The van der Waals surface area contributed by atoms with E-state index in [4.69, 9.17) is 11.6 Å². The molecule has 0 radical (unpaired) electrons. The van der Waals surface area contributed by atoms with Gasteiger partial charge < -0.3 is 10.2 Å². The van der Waals surface area contributed by atoms with Crippen molar-refractivity contribution in [2.24, 2.45) is 0 Å². The van der Waals surface area contributed by atoms with Crippen LogP contribution in [0.3, 0.4) is 0 Å². The van der Waals surface area contributed by atoms with E-state index in [-0.39, 0.29) is 22.2 Å². The van der Waals surface area contributed by atoms with Gasteiger partial charge in [-0.05, 0) is 44.4 Å². The number of hydrogen-bond donors (Lipinski definition) is 1. The third kappa shape index (κ3) is 4.93. The predicted octanol–water partition coefficient (Wildman–Crippen LogP) is 4.38. The first kappa shape index (κ1) is 25.3. The number of aromatic nitrogens is 7. The highest BCUT2D eigenvalue weighted by atomic mass is 35.5. The number of carbonyl (C=O) groups is 1. The second-order valence-electron chi connectivity index (χ2n) is 8.51. The molecule has 0 aliphatic carbocycles. The zero-order chi connectivity index (χ0) is 27.0. The van der Waals surface area contributed by atoms with E-state index in [0.717, 1.165) is 6.20 Å². The van der Waals surface area contributed by atoms with Gasteiger partial charge in [-0.1, -0.05) is 17.7 Å². The molecular weight excluding hydrogens is 523 g/mol. The Hall–Kier alpha value is -4.36. The fraction of sp³-hybridized carbons (Fsp3) is 0.167. The van der Waals surface area contributed by atoms with Crippen LogP contribution in [0.15, 0.2) is 61.2 Å². The maximum Gasteiger partial charge on any atom is 0.434 e. The van der Waals surface area contributed by atoms with Gasteiger partial charge in [0.25, 0.3) is 5.91 Å². The summed E-state index contributed by atoms with van der Waals surface area (Å²) in [4.78, 5) is 24.5. The molecular formula is C24H19ClF3N9O. The number of fused-ring (bicyclic) bond motifs is 1. The maximum absolute atomic E-state index is 14.2. The highest BCUT2D eigenvalue weighted by Gasteiger charge is 2.41. The summed E-state index contributed by atoms with van der Waals surface area (Å²) >= 11 is 6.32. The number of carbonyl (C=O) groups excluding carboxylic acids is 1. The average Bonchev–Trinajstić information content (AvgIpc) is 3.51. The summed E-state index contributed by atoms with van der Waals surface area (Å²) in [6, 6.07) is 9.31. The zero-order valence-corrected chi connectivity index (χ0v) is 20.7. The number of benzene rings is 1. The Morgan fingerprint density at radius 1 is 1.08 bits per heavy atom. The predicted molar refractivity (Wildman–Crippen MR) is 133 cm³/mol. The molecule has 0 bridgehead atoms. The highest BCUT2D eigenvalue weighted by Crippen LogP contribution is 2.35. The number of halogens is 4. The first-order chi connectivity index (χ1) is 18.1. The van der Waals surface area contributed by atoms with Crippen LogP contribution in [-0.2, 0) is 12.7 Å². The highest BCUT2D eigenvalue weighted by molar-refractivity contribution is 6.32. The third-order valence-corrected chi connectivity index (χ3v) is 5.70. The molecule has 0 aliphatic heterocycles. The fourth-order valence-corrected chi connectivity index (χ4v) is 4.12. The van der Waals surface area contributed by atoms with Gasteiger partial charge in [0.2, 0.25) is 0 Å². The SMILES string of the molecule is CN(C)Cc1cnn(-c2ncc(NC(=O)c3cnn(-c4cccc5ncccc45)c3C(F)(F)F)cc2Cl)n1. The van der Waals surface area contributed by atoms with Crippen LogP contribution < -0.4 is 5.32 Å². The van der Waals surface area contributed by atoms with Gasteiger partial charge in [-0.3, -0.25) is 9.78 Å². The molecule has 10 nitrogen and oxygen atoms in total. The Balaban J connectivity index is 1.45. The van der Waals surface area contributed by atoms with Crippen LogP contribution in [0.25, 0.3) is 22.4 Å². The van der Waals surface area contributed by atoms with Crippen molar-refractivity contribution < 1.29 is 18.0 Å². The van der Waals surface area contributed by atoms with E-state index in [2.05, 4.69) is 30.6 Å². The van der Waals surface area contributed by atoms with Gasteiger partial charge in [0, 0.05) is 18.1 Å².